The molecule has 0 aliphatic carbocycles. The minimum atomic E-state index is 0.604. The second-order valence-corrected chi connectivity index (χ2v) is 5.46. The van der Waals surface area contributed by atoms with Crippen molar-refractivity contribution < 1.29 is 0 Å². The van der Waals surface area contributed by atoms with Gasteiger partial charge < -0.3 is 15.5 Å². The van der Waals surface area contributed by atoms with Crippen LogP contribution >= 0.6 is 12.2 Å². The van der Waals surface area contributed by atoms with Gasteiger partial charge in [-0.1, -0.05) is 23.8 Å². The number of nitrogens with one attached hydrogen (secondary N) is 2. The molecule has 1 aromatic heterocycles. The van der Waals surface area contributed by atoms with Gasteiger partial charge in [-0.2, -0.15) is 0 Å². The van der Waals surface area contributed by atoms with Crippen LogP contribution in [0.1, 0.15) is 11.1 Å². The van der Waals surface area contributed by atoms with E-state index in [0.717, 1.165) is 17.1 Å². The quantitative estimate of drug-likeness (QED) is 0.850. The first kappa shape index (κ1) is 15.3. The first-order chi connectivity index (χ1) is 10.1. The van der Waals surface area contributed by atoms with Crippen LogP contribution < -0.4 is 15.5 Å². The second kappa shape index (κ2) is 7.04. The fourth-order valence-corrected chi connectivity index (χ4v) is 2.15. The van der Waals surface area contributed by atoms with Crippen molar-refractivity contribution in [2.24, 2.45) is 0 Å². The number of rotatable bonds is 4. The molecule has 110 valence electrons. The molecule has 0 atom stereocenters. The molecule has 0 radical (unpaired) electrons. The summed E-state index contributed by atoms with van der Waals surface area (Å²) < 4.78 is 0. The van der Waals surface area contributed by atoms with Gasteiger partial charge in [-0.15, -0.1) is 0 Å². The van der Waals surface area contributed by atoms with Crippen LogP contribution in [-0.2, 0) is 6.54 Å². The Bertz CT molecular complexity index is 608. The van der Waals surface area contributed by atoms with Crippen molar-refractivity contribution in [3.8, 4) is 0 Å². The minimum absolute atomic E-state index is 0.604. The normalized spacial score (nSPS) is 10.0. The molecular weight excluding hydrogens is 280 g/mol. The van der Waals surface area contributed by atoms with Crippen LogP contribution in [0.15, 0.2) is 42.6 Å². The van der Waals surface area contributed by atoms with Crippen LogP contribution in [0.4, 0.5) is 11.5 Å². The minimum Gasteiger partial charge on any atom is -0.362 e. The molecule has 2 N–H and O–H groups in total. The van der Waals surface area contributed by atoms with E-state index in [1.807, 2.05) is 43.3 Å². The van der Waals surface area contributed by atoms with Gasteiger partial charge in [0.15, 0.2) is 5.11 Å². The third-order valence-electron chi connectivity index (χ3n) is 3.04. The maximum absolute atomic E-state index is 5.32. The number of benzene rings is 1. The van der Waals surface area contributed by atoms with Crippen molar-refractivity contribution in [1.29, 1.82) is 0 Å². The van der Waals surface area contributed by atoms with Gasteiger partial charge in [0.2, 0.25) is 0 Å². The van der Waals surface area contributed by atoms with Crippen LogP contribution in [-0.4, -0.2) is 24.2 Å². The van der Waals surface area contributed by atoms with Crippen LogP contribution in [0.25, 0.3) is 0 Å². The molecule has 4 nitrogen and oxygen atoms in total. The number of nitrogens with zero attached hydrogens (tertiary/aromatic N) is 2. The standard InChI is InChI=1S/C16H20N4S/c1-12-6-8-14(9-7-12)19-16(21)18-11-13-5-4-10-17-15(13)20(2)3/h4-10H,11H2,1-3H3,(H2,18,19,21). The van der Waals surface area contributed by atoms with Crippen LogP contribution in [0.5, 0.6) is 0 Å². The fraction of sp³-hybridized carbons (Fsp3) is 0.250. The topological polar surface area (TPSA) is 40.2 Å². The third kappa shape index (κ3) is 4.43. The Hall–Kier alpha value is -2.14. The van der Waals surface area contributed by atoms with Crippen LogP contribution in [0.3, 0.4) is 0 Å². The summed E-state index contributed by atoms with van der Waals surface area (Å²) in [5.74, 6) is 0.947. The highest BCUT2D eigenvalue weighted by atomic mass is 32.1. The number of pyridine rings is 1. The molecule has 2 rings (SSSR count). The summed E-state index contributed by atoms with van der Waals surface area (Å²) >= 11 is 5.32. The second-order valence-electron chi connectivity index (χ2n) is 5.05. The van der Waals surface area contributed by atoms with E-state index in [9.17, 15) is 0 Å². The van der Waals surface area contributed by atoms with Gasteiger partial charge >= 0.3 is 0 Å². The third-order valence-corrected chi connectivity index (χ3v) is 3.29. The first-order valence-corrected chi connectivity index (χ1v) is 7.20. The van der Waals surface area contributed by atoms with Crippen molar-refractivity contribution in [3.63, 3.8) is 0 Å². The average molecular weight is 300 g/mol. The van der Waals surface area contributed by atoms with Crippen molar-refractivity contribution in [2.75, 3.05) is 24.3 Å². The molecule has 0 bridgehead atoms. The molecule has 1 aromatic carbocycles. The van der Waals surface area contributed by atoms with E-state index >= 15 is 0 Å². The van der Waals surface area contributed by atoms with Gasteiger partial charge in [-0.25, -0.2) is 4.98 Å². The Morgan fingerprint density at radius 3 is 2.57 bits per heavy atom. The summed E-state index contributed by atoms with van der Waals surface area (Å²) in [5.41, 5.74) is 3.32. The maximum Gasteiger partial charge on any atom is 0.171 e. The lowest BCUT2D eigenvalue weighted by molar-refractivity contribution is 0.900. The number of hydrogen-bond acceptors (Lipinski definition) is 3. The molecule has 0 saturated carbocycles. The molecule has 0 unspecified atom stereocenters. The summed E-state index contributed by atoms with van der Waals surface area (Å²) in [6, 6.07) is 12.1. The number of thiocarbonyl (C=S) groups is 1. The van der Waals surface area contributed by atoms with E-state index in [1.165, 1.54) is 5.56 Å². The van der Waals surface area contributed by atoms with Gasteiger partial charge in [0.25, 0.3) is 0 Å². The molecule has 1 heterocycles. The van der Waals surface area contributed by atoms with E-state index in [2.05, 4.69) is 34.7 Å². The zero-order valence-corrected chi connectivity index (χ0v) is 13.4. The SMILES string of the molecule is Cc1ccc(NC(=S)NCc2cccnc2N(C)C)cc1. The van der Waals surface area contributed by atoms with E-state index < -0.39 is 0 Å². The van der Waals surface area contributed by atoms with Gasteiger partial charge in [-0.3, -0.25) is 0 Å². The van der Waals surface area contributed by atoms with E-state index in [1.54, 1.807) is 6.20 Å². The summed E-state index contributed by atoms with van der Waals surface area (Å²) in [6.45, 7) is 2.70. The van der Waals surface area contributed by atoms with Crippen LogP contribution in [0.2, 0.25) is 0 Å². The molecule has 5 heteroatoms. The Labute approximate surface area is 131 Å². The predicted molar refractivity (Wildman–Crippen MR) is 92.8 cm³/mol. The summed E-state index contributed by atoms with van der Waals surface area (Å²) in [4.78, 5) is 6.37. The predicted octanol–water partition coefficient (Wildman–Crippen LogP) is 2.94. The smallest absolute Gasteiger partial charge is 0.171 e. The monoisotopic (exact) mass is 300 g/mol. The maximum atomic E-state index is 5.32. The van der Waals surface area contributed by atoms with Gasteiger partial charge in [-0.05, 0) is 37.3 Å². The number of anilines is 2. The van der Waals surface area contributed by atoms with Gasteiger partial charge in [0, 0.05) is 38.1 Å². The molecule has 0 amide bonds. The highest BCUT2D eigenvalue weighted by molar-refractivity contribution is 7.80. The van der Waals surface area contributed by atoms with Gasteiger partial charge in [0.1, 0.15) is 5.82 Å². The van der Waals surface area contributed by atoms with Crippen molar-refractivity contribution in [2.45, 2.75) is 13.5 Å². The Morgan fingerprint density at radius 1 is 1.19 bits per heavy atom. The molecule has 0 fully saturated rings. The lowest BCUT2D eigenvalue weighted by Gasteiger charge is -2.17. The fourth-order valence-electron chi connectivity index (χ4n) is 1.96. The van der Waals surface area contributed by atoms with E-state index in [4.69, 9.17) is 12.2 Å². The Morgan fingerprint density at radius 2 is 1.90 bits per heavy atom. The van der Waals surface area contributed by atoms with E-state index in [0.29, 0.717) is 11.7 Å². The summed E-state index contributed by atoms with van der Waals surface area (Å²) in [5, 5.41) is 6.99. The molecule has 0 aliphatic heterocycles. The number of aryl methyl sites for hydroxylation is 1. The molecule has 0 aliphatic rings. The molecule has 2 aromatic rings. The average Bonchev–Trinajstić information content (AvgIpc) is 2.48. The number of hydrogen-bond donors (Lipinski definition) is 2. The van der Waals surface area contributed by atoms with Gasteiger partial charge in [0.05, 0.1) is 0 Å². The van der Waals surface area contributed by atoms with Crippen molar-refractivity contribution in [3.05, 3.63) is 53.7 Å². The van der Waals surface area contributed by atoms with E-state index in [-0.39, 0.29) is 0 Å². The van der Waals surface area contributed by atoms with Crippen molar-refractivity contribution in [1.82, 2.24) is 10.3 Å². The lowest BCUT2D eigenvalue weighted by Crippen LogP contribution is -2.28. The molecule has 0 saturated heterocycles. The summed E-state index contributed by atoms with van der Waals surface area (Å²) in [7, 11) is 3.96. The lowest BCUT2D eigenvalue weighted by atomic mass is 10.2. The van der Waals surface area contributed by atoms with Crippen LogP contribution in [0, 0.1) is 6.92 Å². The largest absolute Gasteiger partial charge is 0.362 e. The zero-order chi connectivity index (χ0) is 15.2. The molecule has 0 spiro atoms. The Balaban J connectivity index is 1.94. The molecule has 21 heavy (non-hydrogen) atoms. The highest BCUT2D eigenvalue weighted by Crippen LogP contribution is 2.14. The first-order valence-electron chi connectivity index (χ1n) is 6.79. The number of aromatic nitrogens is 1. The Kier molecular flexibility index (Phi) is 5.11. The zero-order valence-electron chi connectivity index (χ0n) is 12.6. The van der Waals surface area contributed by atoms with Crippen molar-refractivity contribution >= 4 is 28.8 Å². The molecular formula is C16H20N4S. The summed E-state index contributed by atoms with van der Waals surface area (Å²) in [6.07, 6.45) is 1.79. The highest BCUT2D eigenvalue weighted by Gasteiger charge is 2.05.